The summed E-state index contributed by atoms with van der Waals surface area (Å²) in [5.41, 5.74) is 0. The summed E-state index contributed by atoms with van der Waals surface area (Å²) in [6.45, 7) is 1.23. The van der Waals surface area contributed by atoms with Gasteiger partial charge in [0, 0.05) is 13.0 Å². The van der Waals surface area contributed by atoms with Gasteiger partial charge in [0.15, 0.2) is 0 Å². The minimum absolute atomic E-state index is 0.0369. The number of likely N-dealkylation sites (tertiary alicyclic amines) is 1. The molecule has 0 aliphatic carbocycles. The maximum atomic E-state index is 10.9. The Morgan fingerprint density at radius 1 is 1.43 bits per heavy atom. The second-order valence-corrected chi connectivity index (χ2v) is 3.85. The maximum Gasteiger partial charge on any atom is 0.308 e. The van der Waals surface area contributed by atoms with Crippen molar-refractivity contribution in [2.24, 2.45) is 11.8 Å². The van der Waals surface area contributed by atoms with Crippen molar-refractivity contribution in [3.05, 3.63) is 0 Å². The average molecular weight is 201 g/mol. The molecule has 80 valence electrons. The fourth-order valence-electron chi connectivity index (χ4n) is 1.91. The molecule has 0 saturated carbocycles. The van der Waals surface area contributed by atoms with Gasteiger partial charge < -0.3 is 15.1 Å². The number of hydrogen-bond acceptors (Lipinski definition) is 3. The molecule has 2 atom stereocenters. The van der Waals surface area contributed by atoms with Crippen molar-refractivity contribution in [3.8, 4) is 0 Å². The Bertz CT molecular complexity index is 241. The molecule has 0 unspecified atom stereocenters. The second kappa shape index (κ2) is 4.41. The molecule has 1 fully saturated rings. The molecule has 0 aromatic rings. The molecule has 2 N–H and O–H groups in total. The summed E-state index contributed by atoms with van der Waals surface area (Å²) in [6, 6.07) is 0. The van der Waals surface area contributed by atoms with Crippen LogP contribution >= 0.6 is 0 Å². The van der Waals surface area contributed by atoms with Gasteiger partial charge >= 0.3 is 11.9 Å². The third-order valence-corrected chi connectivity index (χ3v) is 2.71. The zero-order valence-electron chi connectivity index (χ0n) is 8.14. The minimum atomic E-state index is -0.911. The lowest BCUT2D eigenvalue weighted by atomic mass is 9.83. The molecule has 1 aliphatic heterocycles. The lowest BCUT2D eigenvalue weighted by Crippen LogP contribution is -2.42. The number of carboxylic acid groups (broad SMARTS) is 2. The van der Waals surface area contributed by atoms with E-state index in [1.165, 1.54) is 0 Å². The number of rotatable bonds is 3. The van der Waals surface area contributed by atoms with Gasteiger partial charge in [-0.1, -0.05) is 0 Å². The SMILES string of the molecule is CN1CC[C@@H](CC(=O)O)[C@H](C(=O)O)C1. The smallest absolute Gasteiger partial charge is 0.308 e. The van der Waals surface area contributed by atoms with Crippen LogP contribution in [0.1, 0.15) is 12.8 Å². The molecule has 5 heteroatoms. The van der Waals surface area contributed by atoms with E-state index in [0.717, 1.165) is 6.54 Å². The van der Waals surface area contributed by atoms with Gasteiger partial charge in [0.05, 0.1) is 5.92 Å². The van der Waals surface area contributed by atoms with E-state index in [0.29, 0.717) is 13.0 Å². The Kier molecular flexibility index (Phi) is 3.46. The molecule has 0 spiro atoms. The van der Waals surface area contributed by atoms with E-state index in [-0.39, 0.29) is 12.3 Å². The number of nitrogens with zero attached hydrogens (tertiary/aromatic N) is 1. The fourth-order valence-corrected chi connectivity index (χ4v) is 1.91. The lowest BCUT2D eigenvalue weighted by molar-refractivity contribution is -0.147. The number of carboxylic acids is 2. The first kappa shape index (κ1) is 11.0. The Hall–Kier alpha value is -1.10. The summed E-state index contributed by atoms with van der Waals surface area (Å²) in [4.78, 5) is 23.3. The first-order chi connectivity index (χ1) is 6.50. The highest BCUT2D eigenvalue weighted by Crippen LogP contribution is 2.25. The maximum absolute atomic E-state index is 10.9. The highest BCUT2D eigenvalue weighted by molar-refractivity contribution is 5.73. The van der Waals surface area contributed by atoms with E-state index in [1.54, 1.807) is 0 Å². The van der Waals surface area contributed by atoms with Gasteiger partial charge in [-0.15, -0.1) is 0 Å². The Balaban J connectivity index is 2.62. The van der Waals surface area contributed by atoms with Crippen LogP contribution in [0.4, 0.5) is 0 Å². The molecule has 0 amide bonds. The predicted octanol–water partition coefficient (Wildman–Crippen LogP) is 0.114. The molecular weight excluding hydrogens is 186 g/mol. The third-order valence-electron chi connectivity index (χ3n) is 2.71. The van der Waals surface area contributed by atoms with Crippen molar-refractivity contribution in [1.29, 1.82) is 0 Å². The average Bonchev–Trinajstić information content (AvgIpc) is 2.07. The van der Waals surface area contributed by atoms with Crippen LogP contribution in [0, 0.1) is 11.8 Å². The zero-order valence-corrected chi connectivity index (χ0v) is 8.14. The van der Waals surface area contributed by atoms with Crippen LogP contribution in [0.15, 0.2) is 0 Å². The Labute approximate surface area is 82.3 Å². The van der Waals surface area contributed by atoms with Gasteiger partial charge in [-0.3, -0.25) is 9.59 Å². The molecule has 5 nitrogen and oxygen atoms in total. The predicted molar refractivity (Wildman–Crippen MR) is 49.0 cm³/mol. The van der Waals surface area contributed by atoms with E-state index < -0.39 is 17.9 Å². The van der Waals surface area contributed by atoms with E-state index in [4.69, 9.17) is 10.2 Å². The van der Waals surface area contributed by atoms with E-state index in [9.17, 15) is 9.59 Å². The van der Waals surface area contributed by atoms with Gasteiger partial charge in [-0.2, -0.15) is 0 Å². The van der Waals surface area contributed by atoms with Gasteiger partial charge in [-0.25, -0.2) is 0 Å². The molecule has 0 bridgehead atoms. The van der Waals surface area contributed by atoms with Crippen LogP contribution in [0.5, 0.6) is 0 Å². The van der Waals surface area contributed by atoms with Gasteiger partial charge in [-0.05, 0) is 25.9 Å². The molecule has 0 aromatic carbocycles. The summed E-state index contributed by atoms with van der Waals surface area (Å²) in [5, 5.41) is 17.5. The van der Waals surface area contributed by atoms with Crippen LogP contribution in [-0.4, -0.2) is 47.2 Å². The molecule has 14 heavy (non-hydrogen) atoms. The highest BCUT2D eigenvalue weighted by Gasteiger charge is 2.34. The summed E-state index contributed by atoms with van der Waals surface area (Å²) in [6.07, 6.45) is 0.616. The fraction of sp³-hybridized carbons (Fsp3) is 0.778. The van der Waals surface area contributed by atoms with Crippen LogP contribution in [0.3, 0.4) is 0 Å². The standard InChI is InChI=1S/C9H15NO4/c1-10-3-2-6(4-8(11)12)7(5-10)9(13)14/h6-7H,2-5H2,1H3,(H,11,12)(H,13,14)/t6-,7+/m0/s1. The molecule has 0 aromatic heterocycles. The van der Waals surface area contributed by atoms with Crippen LogP contribution in [0.25, 0.3) is 0 Å². The second-order valence-electron chi connectivity index (χ2n) is 3.85. The van der Waals surface area contributed by atoms with E-state index in [2.05, 4.69) is 0 Å². The van der Waals surface area contributed by atoms with Gasteiger partial charge in [0.2, 0.25) is 0 Å². The van der Waals surface area contributed by atoms with Crippen molar-refractivity contribution in [2.45, 2.75) is 12.8 Å². The number of piperidine rings is 1. The topological polar surface area (TPSA) is 77.8 Å². The minimum Gasteiger partial charge on any atom is -0.481 e. The van der Waals surface area contributed by atoms with Crippen molar-refractivity contribution < 1.29 is 19.8 Å². The first-order valence-corrected chi connectivity index (χ1v) is 4.64. The Morgan fingerprint density at radius 2 is 2.07 bits per heavy atom. The third kappa shape index (κ3) is 2.70. The lowest BCUT2D eigenvalue weighted by Gasteiger charge is -2.33. The highest BCUT2D eigenvalue weighted by atomic mass is 16.4. The van der Waals surface area contributed by atoms with Gasteiger partial charge in [0.1, 0.15) is 0 Å². The van der Waals surface area contributed by atoms with Crippen LogP contribution in [-0.2, 0) is 9.59 Å². The molecule has 1 rings (SSSR count). The number of carbonyl (C=O) groups is 2. The molecule has 1 saturated heterocycles. The molecule has 1 aliphatic rings. The van der Waals surface area contributed by atoms with Crippen molar-refractivity contribution >= 4 is 11.9 Å². The summed E-state index contributed by atoms with van der Waals surface area (Å²) < 4.78 is 0. The quantitative estimate of drug-likeness (QED) is 0.677. The first-order valence-electron chi connectivity index (χ1n) is 4.64. The summed E-state index contributed by atoms with van der Waals surface area (Å²) in [7, 11) is 1.85. The zero-order chi connectivity index (χ0) is 10.7. The normalized spacial score (nSPS) is 28.6. The van der Waals surface area contributed by atoms with E-state index in [1.807, 2.05) is 11.9 Å². The van der Waals surface area contributed by atoms with E-state index >= 15 is 0 Å². The molecule has 0 radical (unpaired) electrons. The molecule has 1 heterocycles. The van der Waals surface area contributed by atoms with Crippen LogP contribution in [0.2, 0.25) is 0 Å². The van der Waals surface area contributed by atoms with Crippen molar-refractivity contribution in [2.75, 3.05) is 20.1 Å². The number of hydrogen-bond donors (Lipinski definition) is 2. The molecular formula is C9H15NO4. The monoisotopic (exact) mass is 201 g/mol. The van der Waals surface area contributed by atoms with Crippen molar-refractivity contribution in [1.82, 2.24) is 4.90 Å². The van der Waals surface area contributed by atoms with Crippen LogP contribution < -0.4 is 0 Å². The number of aliphatic carboxylic acids is 2. The van der Waals surface area contributed by atoms with Gasteiger partial charge in [0.25, 0.3) is 0 Å². The largest absolute Gasteiger partial charge is 0.481 e. The van der Waals surface area contributed by atoms with Crippen molar-refractivity contribution in [3.63, 3.8) is 0 Å². The summed E-state index contributed by atoms with van der Waals surface area (Å²) in [5.74, 6) is -2.56. The Morgan fingerprint density at radius 3 is 2.57 bits per heavy atom. The summed E-state index contributed by atoms with van der Waals surface area (Å²) >= 11 is 0.